The smallest absolute Gasteiger partial charge is 0.0510 e. The van der Waals surface area contributed by atoms with E-state index in [0.717, 1.165) is 37.6 Å². The van der Waals surface area contributed by atoms with Crippen LogP contribution in [0.15, 0.2) is 0 Å². The predicted octanol–water partition coefficient (Wildman–Crippen LogP) is 2.97. The third-order valence-corrected chi connectivity index (χ3v) is 4.31. The first-order valence-corrected chi connectivity index (χ1v) is 7.21. The van der Waals surface area contributed by atoms with E-state index in [9.17, 15) is 0 Å². The molecular weight excluding hydrogens is 198 g/mol. The van der Waals surface area contributed by atoms with Crippen LogP contribution in [-0.2, 0) is 4.74 Å². The Labute approximate surface area is 100 Å². The molecule has 2 aliphatic rings. The van der Waals surface area contributed by atoms with Crippen molar-refractivity contribution >= 4 is 0 Å². The Kier molecular flexibility index (Phi) is 5.11. The minimum Gasteiger partial charge on any atom is -0.381 e. The lowest BCUT2D eigenvalue weighted by Gasteiger charge is -2.30. The number of nitrogens with one attached hydrogen (secondary N) is 1. The van der Waals surface area contributed by atoms with E-state index in [-0.39, 0.29) is 0 Å². The van der Waals surface area contributed by atoms with Gasteiger partial charge in [0.05, 0.1) is 6.61 Å². The molecule has 94 valence electrons. The first-order chi connectivity index (χ1) is 7.90. The van der Waals surface area contributed by atoms with Crippen LogP contribution in [0.1, 0.15) is 51.9 Å². The molecule has 2 unspecified atom stereocenters. The van der Waals surface area contributed by atoms with Gasteiger partial charge < -0.3 is 10.1 Å². The summed E-state index contributed by atoms with van der Waals surface area (Å²) >= 11 is 0. The van der Waals surface area contributed by atoms with Crippen LogP contribution in [0.2, 0.25) is 0 Å². The lowest BCUT2D eigenvalue weighted by atomic mass is 9.81. The van der Waals surface area contributed by atoms with Gasteiger partial charge in [0.2, 0.25) is 0 Å². The highest BCUT2D eigenvalue weighted by atomic mass is 16.5. The molecule has 1 N–H and O–H groups in total. The molecule has 0 aromatic heterocycles. The van der Waals surface area contributed by atoms with E-state index in [1.165, 1.54) is 44.9 Å². The molecule has 1 aliphatic heterocycles. The Morgan fingerprint density at radius 3 is 2.62 bits per heavy atom. The van der Waals surface area contributed by atoms with E-state index in [1.807, 2.05) is 0 Å². The Bertz CT molecular complexity index is 183. The van der Waals surface area contributed by atoms with Gasteiger partial charge in [-0.15, -0.1) is 0 Å². The summed E-state index contributed by atoms with van der Waals surface area (Å²) in [5.74, 6) is 1.76. The number of ether oxygens (including phenoxy) is 1. The van der Waals surface area contributed by atoms with Crippen LogP contribution in [-0.4, -0.2) is 25.8 Å². The van der Waals surface area contributed by atoms with Gasteiger partial charge in [-0.3, -0.25) is 0 Å². The number of hydrogen-bond acceptors (Lipinski definition) is 2. The summed E-state index contributed by atoms with van der Waals surface area (Å²) in [5, 5.41) is 3.69. The summed E-state index contributed by atoms with van der Waals surface area (Å²) in [6.45, 7) is 5.30. The van der Waals surface area contributed by atoms with Crippen molar-refractivity contribution in [3.63, 3.8) is 0 Å². The van der Waals surface area contributed by atoms with Crippen molar-refractivity contribution in [1.82, 2.24) is 5.32 Å². The Balaban J connectivity index is 1.80. The molecule has 0 radical (unpaired) electrons. The van der Waals surface area contributed by atoms with Gasteiger partial charge >= 0.3 is 0 Å². The summed E-state index contributed by atoms with van der Waals surface area (Å²) in [6, 6.07) is 0.718. The predicted molar refractivity (Wildman–Crippen MR) is 67.6 cm³/mol. The second-order valence-electron chi connectivity index (χ2n) is 5.53. The van der Waals surface area contributed by atoms with Gasteiger partial charge in [0.25, 0.3) is 0 Å². The maximum Gasteiger partial charge on any atom is 0.0510 e. The molecule has 2 nitrogen and oxygen atoms in total. The largest absolute Gasteiger partial charge is 0.381 e. The normalized spacial score (nSPS) is 29.4. The molecule has 1 saturated carbocycles. The van der Waals surface area contributed by atoms with Crippen LogP contribution in [0.4, 0.5) is 0 Å². The molecule has 1 heterocycles. The van der Waals surface area contributed by atoms with E-state index in [1.54, 1.807) is 0 Å². The topological polar surface area (TPSA) is 21.3 Å². The minimum absolute atomic E-state index is 0.718. The highest BCUT2D eigenvalue weighted by molar-refractivity contribution is 4.82. The lowest BCUT2D eigenvalue weighted by molar-refractivity contribution is 0.168. The van der Waals surface area contributed by atoms with Crippen molar-refractivity contribution in [2.24, 2.45) is 11.8 Å². The minimum atomic E-state index is 0.718. The van der Waals surface area contributed by atoms with E-state index in [0.29, 0.717) is 0 Å². The summed E-state index contributed by atoms with van der Waals surface area (Å²) in [7, 11) is 0. The van der Waals surface area contributed by atoms with Crippen LogP contribution >= 0.6 is 0 Å². The van der Waals surface area contributed by atoms with Gasteiger partial charge in [-0.05, 0) is 31.2 Å². The lowest BCUT2D eigenvalue weighted by Crippen LogP contribution is -2.38. The van der Waals surface area contributed by atoms with Crippen molar-refractivity contribution in [3.05, 3.63) is 0 Å². The fourth-order valence-electron chi connectivity index (χ4n) is 3.36. The van der Waals surface area contributed by atoms with Gasteiger partial charge in [0.1, 0.15) is 0 Å². The third-order valence-electron chi connectivity index (χ3n) is 4.31. The maximum atomic E-state index is 5.53. The van der Waals surface area contributed by atoms with Gasteiger partial charge in [0.15, 0.2) is 0 Å². The van der Waals surface area contributed by atoms with E-state index >= 15 is 0 Å². The van der Waals surface area contributed by atoms with Crippen LogP contribution in [0.5, 0.6) is 0 Å². The first-order valence-electron chi connectivity index (χ1n) is 7.21. The zero-order valence-electron chi connectivity index (χ0n) is 10.7. The summed E-state index contributed by atoms with van der Waals surface area (Å²) in [4.78, 5) is 0. The zero-order valence-corrected chi connectivity index (χ0v) is 10.7. The van der Waals surface area contributed by atoms with Crippen LogP contribution in [0.3, 0.4) is 0 Å². The van der Waals surface area contributed by atoms with Crippen molar-refractivity contribution in [2.45, 2.75) is 57.9 Å². The molecule has 0 spiro atoms. The standard InChI is InChI=1S/C14H27NO/c1-2-15-14(13-8-9-16-11-13)10-12-6-4-3-5-7-12/h12-15H,2-11H2,1H3. The number of rotatable bonds is 5. The highest BCUT2D eigenvalue weighted by Crippen LogP contribution is 2.30. The highest BCUT2D eigenvalue weighted by Gasteiger charge is 2.27. The molecular formula is C14H27NO. The Hall–Kier alpha value is -0.0800. The van der Waals surface area contributed by atoms with Crippen molar-refractivity contribution in [2.75, 3.05) is 19.8 Å². The Morgan fingerprint density at radius 1 is 1.19 bits per heavy atom. The second kappa shape index (κ2) is 6.61. The molecule has 1 aliphatic carbocycles. The van der Waals surface area contributed by atoms with Crippen LogP contribution in [0, 0.1) is 11.8 Å². The molecule has 2 rings (SSSR count). The zero-order chi connectivity index (χ0) is 11.2. The molecule has 16 heavy (non-hydrogen) atoms. The van der Waals surface area contributed by atoms with Gasteiger partial charge in [0, 0.05) is 12.6 Å². The SMILES string of the molecule is CCNC(CC1CCCCC1)C1CCOC1. The molecule has 1 saturated heterocycles. The quantitative estimate of drug-likeness (QED) is 0.776. The van der Waals surface area contributed by atoms with Crippen molar-refractivity contribution < 1.29 is 4.74 Å². The molecule has 2 fully saturated rings. The van der Waals surface area contributed by atoms with E-state index in [4.69, 9.17) is 4.74 Å². The Morgan fingerprint density at radius 2 is 2.00 bits per heavy atom. The molecule has 0 aromatic rings. The van der Waals surface area contributed by atoms with Gasteiger partial charge in [-0.1, -0.05) is 39.0 Å². The average Bonchev–Trinajstić information content (AvgIpc) is 2.83. The fraction of sp³-hybridized carbons (Fsp3) is 1.00. The molecule has 2 heteroatoms. The van der Waals surface area contributed by atoms with E-state index < -0.39 is 0 Å². The summed E-state index contributed by atoms with van der Waals surface area (Å²) in [5.41, 5.74) is 0. The van der Waals surface area contributed by atoms with Gasteiger partial charge in [-0.2, -0.15) is 0 Å². The third kappa shape index (κ3) is 3.46. The monoisotopic (exact) mass is 225 g/mol. The van der Waals surface area contributed by atoms with E-state index in [2.05, 4.69) is 12.2 Å². The fourth-order valence-corrected chi connectivity index (χ4v) is 3.36. The molecule has 0 bridgehead atoms. The van der Waals surface area contributed by atoms with Crippen LogP contribution < -0.4 is 5.32 Å². The average molecular weight is 225 g/mol. The molecule has 2 atom stereocenters. The summed E-state index contributed by atoms with van der Waals surface area (Å²) in [6.07, 6.45) is 9.99. The molecule has 0 amide bonds. The van der Waals surface area contributed by atoms with Gasteiger partial charge in [-0.25, -0.2) is 0 Å². The molecule has 0 aromatic carbocycles. The van der Waals surface area contributed by atoms with Crippen molar-refractivity contribution in [1.29, 1.82) is 0 Å². The first kappa shape index (κ1) is 12.4. The summed E-state index contributed by atoms with van der Waals surface area (Å²) < 4.78 is 5.53. The second-order valence-corrected chi connectivity index (χ2v) is 5.53. The van der Waals surface area contributed by atoms with Crippen LogP contribution in [0.25, 0.3) is 0 Å². The maximum absolute atomic E-state index is 5.53. The van der Waals surface area contributed by atoms with Crippen molar-refractivity contribution in [3.8, 4) is 0 Å². The number of hydrogen-bond donors (Lipinski definition) is 1.